The third kappa shape index (κ3) is 8.17. The summed E-state index contributed by atoms with van der Waals surface area (Å²) in [6.45, 7) is 9.27. The van der Waals surface area contributed by atoms with Crippen LogP contribution in [-0.2, 0) is 9.36 Å². The van der Waals surface area contributed by atoms with Crippen molar-refractivity contribution in [3.63, 3.8) is 0 Å². The van der Waals surface area contributed by atoms with Crippen molar-refractivity contribution >= 4 is 13.3 Å². The summed E-state index contributed by atoms with van der Waals surface area (Å²) in [4.78, 5) is 20.8. The molecule has 100 valence electrons. The molecule has 0 amide bonds. The van der Waals surface area contributed by atoms with Gasteiger partial charge < -0.3 is 10.00 Å². The summed E-state index contributed by atoms with van der Waals surface area (Å²) in [5.41, 5.74) is -0.282. The van der Waals surface area contributed by atoms with Crippen molar-refractivity contribution in [2.75, 3.05) is 12.3 Å². The second-order valence-electron chi connectivity index (χ2n) is 5.92. The zero-order valence-corrected chi connectivity index (χ0v) is 12.1. The van der Waals surface area contributed by atoms with Gasteiger partial charge in [0.1, 0.15) is 0 Å². The Bertz CT molecular complexity index is 350. The Morgan fingerprint density at radius 3 is 2.12 bits per heavy atom. The summed E-state index contributed by atoms with van der Waals surface area (Å²) >= 11 is 0. The molecule has 0 saturated heterocycles. The van der Waals surface area contributed by atoms with E-state index in [9.17, 15) is 14.3 Å². The van der Waals surface area contributed by atoms with Gasteiger partial charge in [-0.15, -0.1) is 0 Å². The Kier molecular flexibility index (Phi) is 5.63. The van der Waals surface area contributed by atoms with Gasteiger partial charge in [0.05, 0.1) is 6.16 Å². The molecule has 0 aromatic heterocycles. The number of aliphatic carboxylic acids is 1. The molecule has 0 aliphatic rings. The summed E-state index contributed by atoms with van der Waals surface area (Å²) in [6.07, 6.45) is 1.46. The molecule has 0 spiro atoms. The van der Waals surface area contributed by atoms with Gasteiger partial charge in [0.15, 0.2) is 0 Å². The van der Waals surface area contributed by atoms with E-state index in [1.54, 1.807) is 6.08 Å². The minimum atomic E-state index is -3.39. The van der Waals surface area contributed by atoms with E-state index >= 15 is 0 Å². The van der Waals surface area contributed by atoms with E-state index in [2.05, 4.69) is 0 Å². The van der Waals surface area contributed by atoms with Gasteiger partial charge in [-0.25, -0.2) is 4.79 Å². The van der Waals surface area contributed by atoms with Gasteiger partial charge in [-0.1, -0.05) is 40.7 Å². The molecular formula is C12H23O4P. The predicted octanol–water partition coefficient (Wildman–Crippen LogP) is 2.97. The van der Waals surface area contributed by atoms with Crippen molar-refractivity contribution in [3.8, 4) is 0 Å². The molecule has 0 aromatic rings. The van der Waals surface area contributed by atoms with Crippen molar-refractivity contribution in [1.82, 2.24) is 0 Å². The van der Waals surface area contributed by atoms with Crippen LogP contribution in [0.2, 0.25) is 0 Å². The zero-order chi connectivity index (χ0) is 13.9. The van der Waals surface area contributed by atoms with E-state index in [0.717, 1.165) is 0 Å². The van der Waals surface area contributed by atoms with Crippen LogP contribution in [0.1, 0.15) is 34.6 Å². The molecule has 1 unspecified atom stereocenters. The topological polar surface area (TPSA) is 74.6 Å². The van der Waals surface area contributed by atoms with Crippen LogP contribution in [0.5, 0.6) is 0 Å². The van der Waals surface area contributed by atoms with Crippen LogP contribution in [0.15, 0.2) is 11.6 Å². The fourth-order valence-electron chi connectivity index (χ4n) is 1.60. The van der Waals surface area contributed by atoms with Gasteiger partial charge in [0, 0.05) is 11.7 Å². The monoisotopic (exact) mass is 262 g/mol. The van der Waals surface area contributed by atoms with E-state index in [1.807, 2.05) is 34.6 Å². The SMILES string of the molecule is CC(C)CP(=O)(O)C/C(=C/C(C)(C)C)C(=O)O. The van der Waals surface area contributed by atoms with Gasteiger partial charge in [-0.2, -0.15) is 0 Å². The van der Waals surface area contributed by atoms with Crippen LogP contribution in [0.4, 0.5) is 0 Å². The van der Waals surface area contributed by atoms with Gasteiger partial charge in [-0.05, 0) is 11.3 Å². The minimum Gasteiger partial charge on any atom is -0.478 e. The Hall–Kier alpha value is -0.600. The number of carbonyl (C=O) groups is 1. The molecule has 0 bridgehead atoms. The molecule has 4 nitrogen and oxygen atoms in total. The van der Waals surface area contributed by atoms with Crippen molar-refractivity contribution in [1.29, 1.82) is 0 Å². The average molecular weight is 262 g/mol. The smallest absolute Gasteiger partial charge is 0.331 e. The molecule has 0 aliphatic carbocycles. The quantitative estimate of drug-likeness (QED) is 0.590. The largest absolute Gasteiger partial charge is 0.478 e. The highest BCUT2D eigenvalue weighted by atomic mass is 31.2. The second-order valence-corrected chi connectivity index (χ2v) is 8.30. The van der Waals surface area contributed by atoms with Crippen LogP contribution >= 0.6 is 7.37 Å². The summed E-state index contributed by atoms with van der Waals surface area (Å²) in [6, 6.07) is 0. The lowest BCUT2D eigenvalue weighted by molar-refractivity contribution is -0.132. The molecule has 1 atom stereocenters. The minimum absolute atomic E-state index is 0.0315. The highest BCUT2D eigenvalue weighted by molar-refractivity contribution is 7.58. The van der Waals surface area contributed by atoms with E-state index in [4.69, 9.17) is 5.11 Å². The molecular weight excluding hydrogens is 239 g/mol. The third-order valence-corrected chi connectivity index (χ3v) is 4.09. The summed E-state index contributed by atoms with van der Waals surface area (Å²) in [5, 5.41) is 9.03. The van der Waals surface area contributed by atoms with Crippen LogP contribution in [0.25, 0.3) is 0 Å². The Balaban J connectivity index is 4.98. The number of rotatable bonds is 5. The Labute approximate surface area is 103 Å². The average Bonchev–Trinajstić information content (AvgIpc) is 1.95. The molecule has 0 fully saturated rings. The van der Waals surface area contributed by atoms with Gasteiger partial charge in [-0.3, -0.25) is 4.57 Å². The summed E-state index contributed by atoms with van der Waals surface area (Å²) in [7, 11) is -3.39. The number of carboxylic acids is 1. The van der Waals surface area contributed by atoms with E-state index in [0.29, 0.717) is 0 Å². The molecule has 0 saturated carbocycles. The molecule has 2 N–H and O–H groups in total. The predicted molar refractivity (Wildman–Crippen MR) is 69.6 cm³/mol. The first-order valence-electron chi connectivity index (χ1n) is 5.69. The van der Waals surface area contributed by atoms with Crippen LogP contribution in [-0.4, -0.2) is 28.3 Å². The molecule has 0 aromatic carbocycles. The molecule has 0 heterocycles. The molecule has 0 radical (unpaired) electrons. The first kappa shape index (κ1) is 16.4. The van der Waals surface area contributed by atoms with Crippen LogP contribution in [0.3, 0.4) is 0 Å². The first-order valence-corrected chi connectivity index (χ1v) is 7.72. The summed E-state index contributed by atoms with van der Waals surface area (Å²) in [5.74, 6) is -1.03. The molecule has 0 aliphatic heterocycles. The maximum Gasteiger partial charge on any atom is 0.331 e. The van der Waals surface area contributed by atoms with E-state index in [-0.39, 0.29) is 29.2 Å². The fourth-order valence-corrected chi connectivity index (χ4v) is 3.63. The van der Waals surface area contributed by atoms with Crippen LogP contribution < -0.4 is 0 Å². The maximum atomic E-state index is 11.9. The van der Waals surface area contributed by atoms with Crippen molar-refractivity contribution < 1.29 is 19.4 Å². The van der Waals surface area contributed by atoms with Gasteiger partial charge >= 0.3 is 5.97 Å². The molecule has 0 rings (SSSR count). The second kappa shape index (κ2) is 5.83. The Morgan fingerprint density at radius 1 is 1.35 bits per heavy atom. The lowest BCUT2D eigenvalue weighted by atomic mass is 9.94. The third-order valence-electron chi connectivity index (χ3n) is 1.95. The highest BCUT2D eigenvalue weighted by Crippen LogP contribution is 2.44. The maximum absolute atomic E-state index is 11.9. The van der Waals surface area contributed by atoms with E-state index in [1.165, 1.54) is 0 Å². The van der Waals surface area contributed by atoms with Crippen molar-refractivity contribution in [2.24, 2.45) is 11.3 Å². The number of carboxylic acid groups (broad SMARTS) is 1. The zero-order valence-electron chi connectivity index (χ0n) is 11.2. The normalized spacial score (nSPS) is 17.0. The highest BCUT2D eigenvalue weighted by Gasteiger charge is 2.26. The van der Waals surface area contributed by atoms with Crippen molar-refractivity contribution in [2.45, 2.75) is 34.6 Å². The number of hydrogen-bond acceptors (Lipinski definition) is 2. The standard InChI is InChI=1S/C12H23O4P/c1-9(2)7-17(15,16)8-10(11(13)14)6-12(3,4)5/h6,9H,7-8H2,1-5H3,(H,13,14)(H,15,16)/b10-6-. The summed E-state index contributed by atoms with van der Waals surface area (Å²) < 4.78 is 11.9. The van der Waals surface area contributed by atoms with Gasteiger partial charge in [0.25, 0.3) is 0 Å². The lowest BCUT2D eigenvalue weighted by Gasteiger charge is -2.18. The van der Waals surface area contributed by atoms with Crippen molar-refractivity contribution in [3.05, 3.63) is 11.6 Å². The Morgan fingerprint density at radius 2 is 1.82 bits per heavy atom. The molecule has 5 heteroatoms. The number of hydrogen-bond donors (Lipinski definition) is 2. The van der Waals surface area contributed by atoms with Crippen LogP contribution in [0, 0.1) is 11.3 Å². The lowest BCUT2D eigenvalue weighted by Crippen LogP contribution is -2.13. The first-order chi connectivity index (χ1) is 7.43. The molecule has 17 heavy (non-hydrogen) atoms. The van der Waals surface area contributed by atoms with E-state index < -0.39 is 13.3 Å². The van der Waals surface area contributed by atoms with Gasteiger partial charge in [0.2, 0.25) is 7.37 Å². The number of allylic oxidation sites excluding steroid dienone is 1. The fraction of sp³-hybridized carbons (Fsp3) is 0.750.